The van der Waals surface area contributed by atoms with Crippen molar-refractivity contribution in [3.63, 3.8) is 0 Å². The number of allylic oxidation sites excluding steroid dienone is 1. The molecule has 0 unspecified atom stereocenters. The van der Waals surface area contributed by atoms with Crippen LogP contribution in [0.1, 0.15) is 50.4 Å². The molecule has 7 nitrogen and oxygen atoms in total. The molecule has 1 aliphatic rings. The Morgan fingerprint density at radius 3 is 2.71 bits per heavy atom. The topological polar surface area (TPSA) is 76.4 Å². The van der Waals surface area contributed by atoms with Crippen molar-refractivity contribution in [1.29, 1.82) is 0 Å². The zero-order valence-corrected chi connectivity index (χ0v) is 18.9. The van der Waals surface area contributed by atoms with E-state index in [1.807, 2.05) is 12.1 Å². The lowest BCUT2D eigenvalue weighted by Crippen LogP contribution is -2.40. The number of hydrogen-bond donors (Lipinski definition) is 2. The summed E-state index contributed by atoms with van der Waals surface area (Å²) >= 11 is 0. The Morgan fingerprint density at radius 2 is 1.97 bits per heavy atom. The molecule has 0 atom stereocenters. The summed E-state index contributed by atoms with van der Waals surface area (Å²) in [5.41, 5.74) is 2.83. The second kappa shape index (κ2) is 12.8. The molecule has 1 heterocycles. The lowest BCUT2D eigenvalue weighted by molar-refractivity contribution is 0.414. The maximum Gasteiger partial charge on any atom is 0.191 e. The van der Waals surface area contributed by atoms with Crippen LogP contribution in [0.3, 0.4) is 0 Å². The molecule has 0 amide bonds. The van der Waals surface area contributed by atoms with Crippen LogP contribution in [0.25, 0.3) is 0 Å². The molecule has 31 heavy (non-hydrogen) atoms. The van der Waals surface area contributed by atoms with Crippen molar-refractivity contribution in [3.05, 3.63) is 53.6 Å². The van der Waals surface area contributed by atoms with E-state index < -0.39 is 0 Å². The predicted octanol–water partition coefficient (Wildman–Crippen LogP) is 3.52. The molecule has 2 aromatic rings. The smallest absolute Gasteiger partial charge is 0.191 e. The number of aromatic nitrogens is 3. The first-order chi connectivity index (χ1) is 15.3. The number of ether oxygens (including phenoxy) is 1. The molecule has 0 saturated heterocycles. The average Bonchev–Trinajstić information content (AvgIpc) is 3.27. The molecule has 0 fully saturated rings. The van der Waals surface area contributed by atoms with Gasteiger partial charge in [-0.3, -0.25) is 4.99 Å². The molecule has 0 aliphatic heterocycles. The summed E-state index contributed by atoms with van der Waals surface area (Å²) in [7, 11) is 1.69. The van der Waals surface area contributed by atoms with Crippen LogP contribution < -0.4 is 15.4 Å². The average molecular weight is 425 g/mol. The van der Waals surface area contributed by atoms with Gasteiger partial charge in [0.1, 0.15) is 17.9 Å². The summed E-state index contributed by atoms with van der Waals surface area (Å²) in [5.74, 6) is 2.77. The Bertz CT molecular complexity index is 840. The second-order valence-electron chi connectivity index (χ2n) is 7.83. The number of aryl methyl sites for hydroxylation is 1. The van der Waals surface area contributed by atoms with E-state index in [4.69, 9.17) is 9.73 Å². The minimum atomic E-state index is 0.780. The van der Waals surface area contributed by atoms with Crippen molar-refractivity contribution in [1.82, 2.24) is 25.4 Å². The van der Waals surface area contributed by atoms with Gasteiger partial charge in [-0.1, -0.05) is 30.7 Å². The maximum absolute atomic E-state index is 5.24. The second-order valence-corrected chi connectivity index (χ2v) is 7.83. The predicted molar refractivity (Wildman–Crippen MR) is 126 cm³/mol. The van der Waals surface area contributed by atoms with Gasteiger partial charge in [0, 0.05) is 32.6 Å². The molecule has 1 aliphatic carbocycles. The van der Waals surface area contributed by atoms with E-state index in [9.17, 15) is 0 Å². The highest BCUT2D eigenvalue weighted by atomic mass is 16.5. The van der Waals surface area contributed by atoms with E-state index in [1.165, 1.54) is 31.2 Å². The lowest BCUT2D eigenvalue weighted by atomic mass is 9.97. The van der Waals surface area contributed by atoms with Gasteiger partial charge in [0.2, 0.25) is 0 Å². The van der Waals surface area contributed by atoms with E-state index in [0.717, 1.165) is 63.0 Å². The van der Waals surface area contributed by atoms with Crippen LogP contribution in [-0.4, -0.2) is 47.5 Å². The van der Waals surface area contributed by atoms with E-state index in [-0.39, 0.29) is 0 Å². The fourth-order valence-electron chi connectivity index (χ4n) is 3.77. The molecule has 0 radical (unpaired) electrons. The summed E-state index contributed by atoms with van der Waals surface area (Å²) in [6.45, 7) is 5.34. The van der Waals surface area contributed by atoms with E-state index in [2.05, 4.69) is 50.5 Å². The fourth-order valence-corrected chi connectivity index (χ4v) is 3.77. The zero-order chi connectivity index (χ0) is 21.7. The van der Waals surface area contributed by atoms with Crippen LogP contribution >= 0.6 is 0 Å². The third kappa shape index (κ3) is 7.74. The first kappa shape index (κ1) is 22.8. The standard InChI is InChI=1S/C24H36N6O/c1-3-23-29-28-19-30(23)18-17-27-24(25-15-13-20-7-5-4-6-8-20)26-16-14-21-9-11-22(31-2)12-10-21/h7,9-12,19H,3-6,8,13-18H2,1-2H3,(H2,25,26,27). The Balaban J connectivity index is 1.50. The number of hydrogen-bond acceptors (Lipinski definition) is 4. The van der Waals surface area contributed by atoms with Crippen LogP contribution in [0.15, 0.2) is 47.2 Å². The van der Waals surface area contributed by atoms with Crippen LogP contribution in [0.4, 0.5) is 0 Å². The monoisotopic (exact) mass is 424 g/mol. The van der Waals surface area contributed by atoms with Crippen molar-refractivity contribution < 1.29 is 4.74 Å². The van der Waals surface area contributed by atoms with Gasteiger partial charge in [-0.05, 0) is 56.2 Å². The van der Waals surface area contributed by atoms with Gasteiger partial charge in [-0.2, -0.15) is 0 Å². The van der Waals surface area contributed by atoms with Gasteiger partial charge in [0.25, 0.3) is 0 Å². The molecule has 0 bridgehead atoms. The summed E-state index contributed by atoms with van der Waals surface area (Å²) in [4.78, 5) is 4.83. The highest BCUT2D eigenvalue weighted by Gasteiger charge is 2.05. The Morgan fingerprint density at radius 1 is 1.13 bits per heavy atom. The van der Waals surface area contributed by atoms with E-state index in [1.54, 1.807) is 19.0 Å². The van der Waals surface area contributed by atoms with E-state index in [0.29, 0.717) is 0 Å². The number of guanidine groups is 1. The molecule has 2 N–H and O–H groups in total. The van der Waals surface area contributed by atoms with Crippen LogP contribution in [0, 0.1) is 0 Å². The quantitative estimate of drug-likeness (QED) is 0.328. The van der Waals surface area contributed by atoms with Gasteiger partial charge in [-0.25, -0.2) is 0 Å². The molecular formula is C24H36N6O. The van der Waals surface area contributed by atoms with Gasteiger partial charge < -0.3 is 19.9 Å². The summed E-state index contributed by atoms with van der Waals surface area (Å²) < 4.78 is 7.33. The zero-order valence-electron chi connectivity index (χ0n) is 18.9. The third-order valence-corrected chi connectivity index (χ3v) is 5.61. The summed E-state index contributed by atoms with van der Waals surface area (Å²) in [5, 5.41) is 15.1. The minimum absolute atomic E-state index is 0.780. The summed E-state index contributed by atoms with van der Waals surface area (Å²) in [6.07, 6.45) is 12.2. The Kier molecular flexibility index (Phi) is 9.41. The Hall–Kier alpha value is -2.83. The third-order valence-electron chi connectivity index (χ3n) is 5.61. The van der Waals surface area contributed by atoms with Crippen molar-refractivity contribution in [2.24, 2.45) is 4.99 Å². The lowest BCUT2D eigenvalue weighted by Gasteiger charge is -2.15. The molecular weight excluding hydrogens is 388 g/mol. The number of nitrogens with zero attached hydrogens (tertiary/aromatic N) is 4. The van der Waals surface area contributed by atoms with Crippen LogP contribution in [-0.2, 0) is 19.4 Å². The van der Waals surface area contributed by atoms with E-state index >= 15 is 0 Å². The first-order valence-corrected chi connectivity index (χ1v) is 11.5. The normalized spacial score (nSPS) is 14.3. The highest BCUT2D eigenvalue weighted by Crippen LogP contribution is 2.19. The number of methoxy groups -OCH3 is 1. The largest absolute Gasteiger partial charge is 0.497 e. The van der Waals surface area contributed by atoms with Crippen molar-refractivity contribution >= 4 is 5.96 Å². The van der Waals surface area contributed by atoms with Gasteiger partial charge >= 0.3 is 0 Å². The summed E-state index contributed by atoms with van der Waals surface area (Å²) in [6, 6.07) is 8.23. The molecule has 1 aromatic carbocycles. The van der Waals surface area contributed by atoms with Gasteiger partial charge in [0.05, 0.1) is 7.11 Å². The molecule has 1 aromatic heterocycles. The number of rotatable bonds is 11. The number of aliphatic imine (C=N–C) groups is 1. The maximum atomic E-state index is 5.24. The number of benzene rings is 1. The van der Waals surface area contributed by atoms with Crippen LogP contribution in [0.2, 0.25) is 0 Å². The van der Waals surface area contributed by atoms with Gasteiger partial charge in [0.15, 0.2) is 5.96 Å². The minimum Gasteiger partial charge on any atom is -0.497 e. The molecule has 0 saturated carbocycles. The van der Waals surface area contributed by atoms with Crippen molar-refractivity contribution in [2.45, 2.75) is 58.4 Å². The SMILES string of the molecule is CCc1nncn1CCNC(=NCCC1=CCCCC1)NCCc1ccc(OC)cc1. The van der Waals surface area contributed by atoms with Crippen molar-refractivity contribution in [2.75, 3.05) is 26.7 Å². The molecule has 0 spiro atoms. The van der Waals surface area contributed by atoms with Gasteiger partial charge in [-0.15, -0.1) is 10.2 Å². The molecule has 168 valence electrons. The highest BCUT2D eigenvalue weighted by molar-refractivity contribution is 5.79. The van der Waals surface area contributed by atoms with Crippen LogP contribution in [0.5, 0.6) is 5.75 Å². The number of nitrogens with one attached hydrogen (secondary N) is 2. The fraction of sp³-hybridized carbons (Fsp3) is 0.542. The molecule has 3 rings (SSSR count). The Labute approximate surface area is 186 Å². The first-order valence-electron chi connectivity index (χ1n) is 11.5. The van der Waals surface area contributed by atoms with Crippen molar-refractivity contribution in [3.8, 4) is 5.75 Å². The molecule has 7 heteroatoms.